The van der Waals surface area contributed by atoms with Gasteiger partial charge in [0.2, 0.25) is 0 Å². The standard InChI is InChI=1S/C20H20N2O8/c1-22-11-8-6-5-7-10(11)20(15(16(22)21)18(25)29-4)14(17(24)28-3)12(30-19(20)26)9-13(23)27-2/h5-8H,9,21H2,1-4H3/t20-/m0/s1. The first-order valence-electron chi connectivity index (χ1n) is 8.78. The Morgan fingerprint density at radius 2 is 1.63 bits per heavy atom. The zero-order chi connectivity index (χ0) is 22.2. The van der Waals surface area contributed by atoms with Crippen molar-refractivity contribution in [2.75, 3.05) is 33.3 Å². The van der Waals surface area contributed by atoms with Gasteiger partial charge in [0.1, 0.15) is 29.1 Å². The second-order valence-corrected chi connectivity index (χ2v) is 6.51. The molecular weight excluding hydrogens is 396 g/mol. The number of cyclic esters (lactones) is 1. The van der Waals surface area contributed by atoms with E-state index >= 15 is 0 Å². The maximum Gasteiger partial charge on any atom is 0.339 e. The number of methoxy groups -OCH3 is 3. The van der Waals surface area contributed by atoms with Gasteiger partial charge in [0.25, 0.3) is 0 Å². The first-order chi connectivity index (χ1) is 14.2. The Morgan fingerprint density at radius 3 is 2.23 bits per heavy atom. The van der Waals surface area contributed by atoms with Crippen molar-refractivity contribution in [3.05, 3.63) is 52.6 Å². The number of carbonyl (C=O) groups is 4. The summed E-state index contributed by atoms with van der Waals surface area (Å²) in [6.45, 7) is 0. The maximum absolute atomic E-state index is 13.4. The monoisotopic (exact) mass is 416 g/mol. The number of hydrogen-bond acceptors (Lipinski definition) is 10. The Morgan fingerprint density at radius 1 is 1.03 bits per heavy atom. The number of ether oxygens (including phenoxy) is 4. The highest BCUT2D eigenvalue weighted by Crippen LogP contribution is 2.54. The van der Waals surface area contributed by atoms with Crippen LogP contribution in [-0.2, 0) is 43.5 Å². The number of esters is 4. The number of anilines is 1. The first-order valence-corrected chi connectivity index (χ1v) is 8.78. The molecule has 0 bridgehead atoms. The summed E-state index contributed by atoms with van der Waals surface area (Å²) in [6.07, 6.45) is -0.527. The van der Waals surface area contributed by atoms with Crippen LogP contribution in [0.5, 0.6) is 0 Å². The SMILES string of the molecule is COC(=O)CC1=C(C(=O)OC)[C@]2(C(=O)O1)C(C(=O)OC)=C(N)N(C)c1ccccc12. The summed E-state index contributed by atoms with van der Waals surface area (Å²) in [7, 11) is 4.97. The molecule has 1 spiro atoms. The maximum atomic E-state index is 13.4. The summed E-state index contributed by atoms with van der Waals surface area (Å²) in [5.41, 5.74) is 4.24. The summed E-state index contributed by atoms with van der Waals surface area (Å²) in [5.74, 6) is -4.04. The van der Waals surface area contributed by atoms with Crippen LogP contribution in [0.3, 0.4) is 0 Å². The van der Waals surface area contributed by atoms with Gasteiger partial charge in [0.15, 0.2) is 5.41 Å². The van der Waals surface area contributed by atoms with Gasteiger partial charge in [-0.25, -0.2) is 14.4 Å². The van der Waals surface area contributed by atoms with E-state index in [1.165, 1.54) is 4.90 Å². The van der Waals surface area contributed by atoms with Crippen molar-refractivity contribution in [1.29, 1.82) is 0 Å². The number of fused-ring (bicyclic) bond motifs is 2. The molecule has 0 amide bonds. The van der Waals surface area contributed by atoms with Crippen LogP contribution in [0.25, 0.3) is 0 Å². The molecule has 10 heteroatoms. The summed E-state index contributed by atoms with van der Waals surface area (Å²) in [5, 5.41) is 0. The molecule has 2 aliphatic rings. The van der Waals surface area contributed by atoms with Gasteiger partial charge in [-0.05, 0) is 6.07 Å². The number of rotatable bonds is 4. The summed E-state index contributed by atoms with van der Waals surface area (Å²) in [4.78, 5) is 52.5. The molecule has 0 unspecified atom stereocenters. The first kappa shape index (κ1) is 20.9. The molecule has 30 heavy (non-hydrogen) atoms. The minimum absolute atomic E-state index is 0.113. The molecule has 0 aromatic heterocycles. The number of carbonyl (C=O) groups excluding carboxylic acids is 4. The number of nitrogens with zero attached hydrogens (tertiary/aromatic N) is 1. The van der Waals surface area contributed by atoms with Crippen molar-refractivity contribution < 1.29 is 38.1 Å². The van der Waals surface area contributed by atoms with Crippen molar-refractivity contribution in [2.24, 2.45) is 5.73 Å². The average Bonchev–Trinajstić information content (AvgIpc) is 3.03. The van der Waals surface area contributed by atoms with E-state index in [2.05, 4.69) is 4.74 Å². The highest BCUT2D eigenvalue weighted by molar-refractivity contribution is 6.16. The second-order valence-electron chi connectivity index (χ2n) is 6.51. The second kappa shape index (κ2) is 7.54. The number of benzene rings is 1. The lowest BCUT2D eigenvalue weighted by Gasteiger charge is -2.39. The molecule has 2 aliphatic heterocycles. The Hall–Kier alpha value is -3.82. The van der Waals surface area contributed by atoms with E-state index < -0.39 is 35.7 Å². The lowest BCUT2D eigenvalue weighted by Crippen LogP contribution is -2.49. The molecule has 0 radical (unpaired) electrons. The lowest BCUT2D eigenvalue weighted by molar-refractivity contribution is -0.147. The van der Waals surface area contributed by atoms with Gasteiger partial charge in [-0.1, -0.05) is 18.2 Å². The minimum atomic E-state index is -2.07. The zero-order valence-corrected chi connectivity index (χ0v) is 16.8. The van der Waals surface area contributed by atoms with E-state index in [1.54, 1.807) is 31.3 Å². The third-order valence-corrected chi connectivity index (χ3v) is 5.15. The molecule has 0 fully saturated rings. The quantitative estimate of drug-likeness (QED) is 0.538. The molecule has 0 aliphatic carbocycles. The smallest absolute Gasteiger partial charge is 0.339 e. The molecular formula is C20H20N2O8. The predicted molar refractivity (Wildman–Crippen MR) is 102 cm³/mol. The lowest BCUT2D eigenvalue weighted by atomic mass is 9.66. The Balaban J connectivity index is 2.47. The number of nitrogens with two attached hydrogens (primary N) is 1. The van der Waals surface area contributed by atoms with Crippen LogP contribution >= 0.6 is 0 Å². The van der Waals surface area contributed by atoms with Crippen molar-refractivity contribution in [3.63, 3.8) is 0 Å². The Bertz CT molecular complexity index is 1030. The third-order valence-electron chi connectivity index (χ3n) is 5.15. The van der Waals surface area contributed by atoms with Gasteiger partial charge in [0.05, 0.1) is 21.3 Å². The number of hydrogen-bond donors (Lipinski definition) is 1. The fraction of sp³-hybridized carbons (Fsp3) is 0.300. The van der Waals surface area contributed by atoms with Crippen molar-refractivity contribution in [1.82, 2.24) is 0 Å². The van der Waals surface area contributed by atoms with E-state index in [4.69, 9.17) is 19.9 Å². The van der Waals surface area contributed by atoms with E-state index in [0.717, 1.165) is 21.3 Å². The molecule has 2 heterocycles. The topological polar surface area (TPSA) is 134 Å². The zero-order valence-electron chi connectivity index (χ0n) is 16.8. The summed E-state index contributed by atoms with van der Waals surface area (Å²) < 4.78 is 19.8. The van der Waals surface area contributed by atoms with Crippen LogP contribution in [0, 0.1) is 0 Å². The molecule has 1 aromatic carbocycles. The molecule has 0 saturated carbocycles. The van der Waals surface area contributed by atoms with Crippen LogP contribution in [0.2, 0.25) is 0 Å². The summed E-state index contributed by atoms with van der Waals surface area (Å²) in [6, 6.07) is 6.56. The Kier molecular flexibility index (Phi) is 5.26. The van der Waals surface area contributed by atoms with Crippen LogP contribution in [0.1, 0.15) is 12.0 Å². The van der Waals surface area contributed by atoms with Crippen LogP contribution in [0.15, 0.2) is 47.0 Å². The van der Waals surface area contributed by atoms with E-state index in [9.17, 15) is 19.2 Å². The third kappa shape index (κ3) is 2.71. The van der Waals surface area contributed by atoms with Crippen molar-refractivity contribution >= 4 is 29.6 Å². The van der Waals surface area contributed by atoms with Gasteiger partial charge in [-0.2, -0.15) is 0 Å². The average molecular weight is 416 g/mol. The van der Waals surface area contributed by atoms with Crippen molar-refractivity contribution in [3.8, 4) is 0 Å². The summed E-state index contributed by atoms with van der Waals surface area (Å²) >= 11 is 0. The van der Waals surface area contributed by atoms with E-state index in [0.29, 0.717) is 5.69 Å². The van der Waals surface area contributed by atoms with Crippen LogP contribution < -0.4 is 10.6 Å². The molecule has 0 saturated heterocycles. The van der Waals surface area contributed by atoms with Gasteiger partial charge >= 0.3 is 23.9 Å². The van der Waals surface area contributed by atoms with E-state index in [1.807, 2.05) is 0 Å². The molecule has 1 atom stereocenters. The molecule has 2 N–H and O–H groups in total. The van der Waals surface area contributed by atoms with Crippen molar-refractivity contribution in [2.45, 2.75) is 11.8 Å². The highest BCUT2D eigenvalue weighted by atomic mass is 16.6. The highest BCUT2D eigenvalue weighted by Gasteiger charge is 2.64. The Labute approximate surface area is 171 Å². The molecule has 10 nitrogen and oxygen atoms in total. The van der Waals surface area contributed by atoms with Gasteiger partial charge in [-0.15, -0.1) is 0 Å². The number of para-hydroxylation sites is 1. The van der Waals surface area contributed by atoms with Gasteiger partial charge in [0, 0.05) is 18.3 Å². The van der Waals surface area contributed by atoms with Gasteiger partial charge in [-0.3, -0.25) is 4.79 Å². The molecule has 1 aromatic rings. The largest absolute Gasteiger partial charge is 0.469 e. The molecule has 3 rings (SSSR count). The predicted octanol–water partition coefficient (Wildman–Crippen LogP) is 0.265. The van der Waals surface area contributed by atoms with E-state index in [-0.39, 0.29) is 28.3 Å². The minimum Gasteiger partial charge on any atom is -0.469 e. The van der Waals surface area contributed by atoms with Crippen LogP contribution in [0.4, 0.5) is 5.69 Å². The fourth-order valence-electron chi connectivity index (χ4n) is 3.79. The van der Waals surface area contributed by atoms with Crippen LogP contribution in [-0.4, -0.2) is 52.3 Å². The molecule has 158 valence electrons. The van der Waals surface area contributed by atoms with Gasteiger partial charge < -0.3 is 29.6 Å². The normalized spacial score (nSPS) is 20.1. The fourth-order valence-corrected chi connectivity index (χ4v) is 3.79.